The first kappa shape index (κ1) is 22.7. The molecule has 164 valence electrons. The minimum Gasteiger partial charge on any atom is -0.334 e. The van der Waals surface area contributed by atoms with Crippen molar-refractivity contribution in [3.05, 3.63) is 84.1 Å². The van der Waals surface area contributed by atoms with E-state index < -0.39 is 27.1 Å². The lowest BCUT2D eigenvalue weighted by atomic mass is 10.2. The lowest BCUT2D eigenvalue weighted by molar-refractivity contribution is -0.384. The minimum atomic E-state index is -0.808. The van der Waals surface area contributed by atoms with Crippen LogP contribution in [0.5, 0.6) is 0 Å². The molecule has 0 aliphatic rings. The molecule has 0 aliphatic heterocycles. The van der Waals surface area contributed by atoms with Crippen molar-refractivity contribution in [1.82, 2.24) is 15.4 Å². The van der Waals surface area contributed by atoms with Gasteiger partial charge in [0.1, 0.15) is 11.3 Å². The Hall–Kier alpha value is -4.03. The van der Waals surface area contributed by atoms with Crippen molar-refractivity contribution >= 4 is 57.8 Å². The number of hydrogen-bond acceptors (Lipinski definition) is 9. The summed E-state index contributed by atoms with van der Waals surface area (Å²) in [6.45, 7) is 1.77. The predicted molar refractivity (Wildman–Crippen MR) is 117 cm³/mol. The number of hydrazine groups is 1. The molecule has 3 rings (SSSR count). The van der Waals surface area contributed by atoms with Gasteiger partial charge in [-0.2, -0.15) is 0 Å². The van der Waals surface area contributed by atoms with Gasteiger partial charge in [0.25, 0.3) is 11.6 Å². The standard InChI is InChI=1S/C18H13Cl2N7O5/c1-9-2-4-11(19)7-13(9)23-16-15(27(31)32)17(22-8-21-16)24-25-18(28)10-3-5-12(20)14(6-10)26(29)30/h2-8H,1H3,(H,25,28)(H2,21,22,23,24). The van der Waals surface area contributed by atoms with E-state index in [1.165, 1.54) is 12.1 Å². The van der Waals surface area contributed by atoms with E-state index in [-0.39, 0.29) is 22.2 Å². The highest BCUT2D eigenvalue weighted by Gasteiger charge is 2.24. The van der Waals surface area contributed by atoms with Crippen LogP contribution in [-0.4, -0.2) is 25.7 Å². The van der Waals surface area contributed by atoms with Gasteiger partial charge in [-0.1, -0.05) is 29.3 Å². The largest absolute Gasteiger partial charge is 0.355 e. The molecule has 0 fully saturated rings. The third-order valence-electron chi connectivity index (χ3n) is 4.16. The molecular formula is C18H13Cl2N7O5. The number of nitro benzene ring substituents is 1. The second-order valence-corrected chi connectivity index (χ2v) is 7.11. The summed E-state index contributed by atoms with van der Waals surface area (Å²) in [5.74, 6) is -1.27. The summed E-state index contributed by atoms with van der Waals surface area (Å²) in [5, 5.41) is 25.8. The Balaban J connectivity index is 1.86. The van der Waals surface area contributed by atoms with Gasteiger partial charge in [0, 0.05) is 22.3 Å². The number of carbonyl (C=O) groups is 1. The van der Waals surface area contributed by atoms with E-state index >= 15 is 0 Å². The number of benzene rings is 2. The molecule has 0 saturated heterocycles. The van der Waals surface area contributed by atoms with Gasteiger partial charge in [-0.3, -0.25) is 35.9 Å². The highest BCUT2D eigenvalue weighted by atomic mass is 35.5. The van der Waals surface area contributed by atoms with E-state index in [2.05, 4.69) is 26.1 Å². The third kappa shape index (κ3) is 4.99. The Morgan fingerprint density at radius 2 is 1.72 bits per heavy atom. The summed E-state index contributed by atoms with van der Waals surface area (Å²) in [4.78, 5) is 41.3. The van der Waals surface area contributed by atoms with E-state index in [1.807, 2.05) is 0 Å². The number of amides is 1. The molecule has 1 amide bonds. The number of anilines is 3. The minimum absolute atomic E-state index is 0.0989. The number of nitrogens with one attached hydrogen (secondary N) is 3. The van der Waals surface area contributed by atoms with Crippen LogP contribution in [0.4, 0.5) is 28.7 Å². The van der Waals surface area contributed by atoms with Gasteiger partial charge >= 0.3 is 5.69 Å². The van der Waals surface area contributed by atoms with E-state index in [4.69, 9.17) is 23.2 Å². The van der Waals surface area contributed by atoms with Gasteiger partial charge in [-0.05, 0) is 36.8 Å². The molecule has 0 unspecified atom stereocenters. The highest BCUT2D eigenvalue weighted by molar-refractivity contribution is 6.32. The number of aryl methyl sites for hydroxylation is 1. The van der Waals surface area contributed by atoms with Crippen molar-refractivity contribution in [3.63, 3.8) is 0 Å². The van der Waals surface area contributed by atoms with Crippen LogP contribution in [0.3, 0.4) is 0 Å². The molecule has 0 bridgehead atoms. The Kier molecular flexibility index (Phi) is 6.66. The number of halogens is 2. The van der Waals surface area contributed by atoms with Crippen LogP contribution in [-0.2, 0) is 0 Å². The number of nitrogens with zero attached hydrogens (tertiary/aromatic N) is 4. The topological polar surface area (TPSA) is 165 Å². The fraction of sp³-hybridized carbons (Fsp3) is 0.0556. The number of carbonyl (C=O) groups excluding carboxylic acids is 1. The van der Waals surface area contributed by atoms with Gasteiger partial charge in [0.15, 0.2) is 0 Å². The van der Waals surface area contributed by atoms with E-state index in [0.29, 0.717) is 10.7 Å². The normalized spacial score (nSPS) is 10.3. The zero-order valence-corrected chi connectivity index (χ0v) is 17.6. The van der Waals surface area contributed by atoms with Crippen molar-refractivity contribution in [2.24, 2.45) is 0 Å². The SMILES string of the molecule is Cc1ccc(Cl)cc1Nc1ncnc(NNC(=O)c2ccc(Cl)c([N+](=O)[O-])c2)c1[N+](=O)[O-]. The summed E-state index contributed by atoms with van der Waals surface area (Å²) < 4.78 is 0. The number of rotatable bonds is 7. The molecule has 3 aromatic rings. The molecule has 1 aromatic heterocycles. The summed E-state index contributed by atoms with van der Waals surface area (Å²) in [7, 11) is 0. The average Bonchev–Trinajstić information content (AvgIpc) is 2.74. The van der Waals surface area contributed by atoms with Crippen molar-refractivity contribution in [2.45, 2.75) is 6.92 Å². The Labute approximate surface area is 189 Å². The fourth-order valence-corrected chi connectivity index (χ4v) is 2.93. The van der Waals surface area contributed by atoms with Gasteiger partial charge in [-0.15, -0.1) is 0 Å². The van der Waals surface area contributed by atoms with Crippen LogP contribution in [0.1, 0.15) is 15.9 Å². The van der Waals surface area contributed by atoms with Crippen LogP contribution in [0.25, 0.3) is 0 Å². The molecule has 14 heteroatoms. The number of hydrogen-bond donors (Lipinski definition) is 3. The third-order valence-corrected chi connectivity index (χ3v) is 4.71. The summed E-state index contributed by atoms with van der Waals surface area (Å²) >= 11 is 11.7. The van der Waals surface area contributed by atoms with E-state index in [1.54, 1.807) is 25.1 Å². The molecule has 32 heavy (non-hydrogen) atoms. The Morgan fingerprint density at radius 3 is 2.41 bits per heavy atom. The van der Waals surface area contributed by atoms with Crippen LogP contribution < -0.4 is 16.2 Å². The first-order valence-electron chi connectivity index (χ1n) is 8.70. The number of aromatic nitrogens is 2. The molecule has 0 atom stereocenters. The highest BCUT2D eigenvalue weighted by Crippen LogP contribution is 2.32. The summed E-state index contributed by atoms with van der Waals surface area (Å²) in [5.41, 5.74) is 4.70. The maximum atomic E-state index is 12.4. The van der Waals surface area contributed by atoms with Crippen molar-refractivity contribution in [3.8, 4) is 0 Å². The molecule has 0 saturated carbocycles. The van der Waals surface area contributed by atoms with E-state index in [0.717, 1.165) is 18.0 Å². The number of nitro groups is 2. The monoisotopic (exact) mass is 477 g/mol. The second kappa shape index (κ2) is 9.41. The van der Waals surface area contributed by atoms with Crippen LogP contribution in [0, 0.1) is 27.2 Å². The maximum Gasteiger partial charge on any atom is 0.355 e. The molecule has 3 N–H and O–H groups in total. The molecule has 0 radical (unpaired) electrons. The first-order valence-corrected chi connectivity index (χ1v) is 9.46. The zero-order valence-electron chi connectivity index (χ0n) is 16.1. The Bertz CT molecular complexity index is 1240. The quantitative estimate of drug-likeness (QED) is 0.329. The summed E-state index contributed by atoms with van der Waals surface area (Å²) in [6, 6.07) is 8.39. The first-order chi connectivity index (χ1) is 15.2. The van der Waals surface area contributed by atoms with Crippen LogP contribution in [0.15, 0.2) is 42.7 Å². The smallest absolute Gasteiger partial charge is 0.334 e. The molecule has 0 spiro atoms. The average molecular weight is 478 g/mol. The van der Waals surface area contributed by atoms with Gasteiger partial charge in [0.05, 0.1) is 9.85 Å². The van der Waals surface area contributed by atoms with Gasteiger partial charge in [0.2, 0.25) is 11.6 Å². The molecular weight excluding hydrogens is 465 g/mol. The lowest BCUT2D eigenvalue weighted by Crippen LogP contribution is -2.30. The molecule has 12 nitrogen and oxygen atoms in total. The van der Waals surface area contributed by atoms with Crippen molar-refractivity contribution in [2.75, 3.05) is 10.7 Å². The second-order valence-electron chi connectivity index (χ2n) is 6.26. The molecule has 2 aromatic carbocycles. The van der Waals surface area contributed by atoms with Gasteiger partial charge < -0.3 is 5.32 Å². The van der Waals surface area contributed by atoms with Gasteiger partial charge in [-0.25, -0.2) is 9.97 Å². The molecule has 1 heterocycles. The zero-order chi connectivity index (χ0) is 23.4. The van der Waals surface area contributed by atoms with E-state index in [9.17, 15) is 25.0 Å². The lowest BCUT2D eigenvalue weighted by Gasteiger charge is -2.12. The predicted octanol–water partition coefficient (Wildman–Crippen LogP) is 4.41. The molecule has 0 aliphatic carbocycles. The summed E-state index contributed by atoms with van der Waals surface area (Å²) in [6.07, 6.45) is 1.05. The van der Waals surface area contributed by atoms with Crippen LogP contribution in [0.2, 0.25) is 10.0 Å². The maximum absolute atomic E-state index is 12.4. The van der Waals surface area contributed by atoms with Crippen LogP contribution >= 0.6 is 23.2 Å². The fourth-order valence-electron chi connectivity index (χ4n) is 2.57. The van der Waals surface area contributed by atoms with Crippen molar-refractivity contribution in [1.29, 1.82) is 0 Å². The van der Waals surface area contributed by atoms with Crippen molar-refractivity contribution < 1.29 is 14.6 Å². The Morgan fingerprint density at radius 1 is 1.00 bits per heavy atom.